The summed E-state index contributed by atoms with van der Waals surface area (Å²) >= 11 is 0. The number of aliphatic carboxylic acids is 1. The third-order valence-electron chi connectivity index (χ3n) is 6.02. The largest absolute Gasteiger partial charge is 0.481 e. The molecule has 1 aromatic heterocycles. The number of likely N-dealkylation sites (tertiary alicyclic amines) is 2. The number of carbonyl (C=O) groups is 3. The van der Waals surface area contributed by atoms with E-state index in [9.17, 15) is 19.5 Å². The number of aryl methyl sites for hydroxylation is 1. The molecule has 1 aromatic rings. The Hall–Kier alpha value is -2.31. The molecule has 2 fully saturated rings. The zero-order chi connectivity index (χ0) is 19.2. The van der Waals surface area contributed by atoms with E-state index in [1.165, 1.54) is 0 Å². The van der Waals surface area contributed by atoms with Gasteiger partial charge >= 0.3 is 5.97 Å². The van der Waals surface area contributed by atoms with Gasteiger partial charge in [-0.15, -0.1) is 0 Å². The van der Waals surface area contributed by atoms with Gasteiger partial charge in [-0.2, -0.15) is 0 Å². The fourth-order valence-electron chi connectivity index (χ4n) is 4.25. The third kappa shape index (κ3) is 2.79. The number of carbonyl (C=O) groups excluding carboxylic acids is 2. The zero-order valence-corrected chi connectivity index (χ0v) is 15.7. The van der Waals surface area contributed by atoms with Crippen molar-refractivity contribution in [1.29, 1.82) is 0 Å². The number of rotatable bonds is 3. The first-order chi connectivity index (χ1) is 12.2. The van der Waals surface area contributed by atoms with Crippen LogP contribution in [-0.4, -0.2) is 58.4 Å². The van der Waals surface area contributed by atoms with Gasteiger partial charge in [0.05, 0.1) is 17.0 Å². The predicted molar refractivity (Wildman–Crippen MR) is 93.9 cm³/mol. The Labute approximate surface area is 152 Å². The van der Waals surface area contributed by atoms with Gasteiger partial charge in [0.2, 0.25) is 5.91 Å². The van der Waals surface area contributed by atoms with Crippen molar-refractivity contribution in [3.05, 3.63) is 23.2 Å². The van der Waals surface area contributed by atoms with E-state index >= 15 is 0 Å². The van der Waals surface area contributed by atoms with Crippen molar-refractivity contribution in [2.45, 2.75) is 51.5 Å². The van der Waals surface area contributed by atoms with Gasteiger partial charge in [-0.3, -0.25) is 14.4 Å². The van der Waals surface area contributed by atoms with E-state index in [2.05, 4.69) is 0 Å². The molecule has 0 saturated carbocycles. The molecule has 7 heteroatoms. The SMILES string of the molecule is Cc1oc(C(C)C)cc1C(=O)N1CCC2(CC1)[C@H](C(=O)O)CC(=O)N2C. The van der Waals surface area contributed by atoms with Crippen molar-refractivity contribution in [1.82, 2.24) is 9.80 Å². The van der Waals surface area contributed by atoms with Gasteiger partial charge in [-0.1, -0.05) is 13.8 Å². The van der Waals surface area contributed by atoms with Crippen LogP contribution in [0, 0.1) is 12.8 Å². The smallest absolute Gasteiger partial charge is 0.309 e. The first kappa shape index (κ1) is 18.5. The summed E-state index contributed by atoms with van der Waals surface area (Å²) in [4.78, 5) is 39.9. The molecule has 1 N–H and O–H groups in total. The van der Waals surface area contributed by atoms with Gasteiger partial charge in [0.25, 0.3) is 5.91 Å². The van der Waals surface area contributed by atoms with Gasteiger partial charge in [0, 0.05) is 32.5 Å². The first-order valence-electron chi connectivity index (χ1n) is 9.06. The van der Waals surface area contributed by atoms with Crippen LogP contribution in [0.25, 0.3) is 0 Å². The van der Waals surface area contributed by atoms with Gasteiger partial charge in [0.1, 0.15) is 11.5 Å². The molecule has 2 aliphatic rings. The van der Waals surface area contributed by atoms with Crippen LogP contribution in [-0.2, 0) is 9.59 Å². The van der Waals surface area contributed by atoms with E-state index in [1.54, 1.807) is 29.8 Å². The van der Waals surface area contributed by atoms with E-state index in [-0.39, 0.29) is 24.2 Å². The lowest BCUT2D eigenvalue weighted by Gasteiger charge is -2.45. The minimum atomic E-state index is -0.935. The highest BCUT2D eigenvalue weighted by molar-refractivity contribution is 5.95. The van der Waals surface area contributed by atoms with Crippen LogP contribution in [0.15, 0.2) is 10.5 Å². The molecule has 0 aliphatic carbocycles. The molecule has 2 amide bonds. The number of furan rings is 1. The topological polar surface area (TPSA) is 91.1 Å². The number of carboxylic acid groups (broad SMARTS) is 1. The Kier molecular flexibility index (Phi) is 4.58. The minimum absolute atomic E-state index is 0.0400. The van der Waals surface area contributed by atoms with Gasteiger partial charge in [0.15, 0.2) is 0 Å². The quantitative estimate of drug-likeness (QED) is 0.890. The third-order valence-corrected chi connectivity index (χ3v) is 6.02. The second-order valence-electron chi connectivity index (χ2n) is 7.72. The highest BCUT2D eigenvalue weighted by Gasteiger charge is 2.55. The summed E-state index contributed by atoms with van der Waals surface area (Å²) in [6, 6.07) is 1.80. The summed E-state index contributed by atoms with van der Waals surface area (Å²) in [5, 5.41) is 9.54. The molecule has 26 heavy (non-hydrogen) atoms. The molecule has 7 nitrogen and oxygen atoms in total. The molecule has 0 unspecified atom stereocenters. The lowest BCUT2D eigenvalue weighted by molar-refractivity contribution is -0.145. The van der Waals surface area contributed by atoms with Crippen molar-refractivity contribution >= 4 is 17.8 Å². The van der Waals surface area contributed by atoms with Crippen LogP contribution in [0.5, 0.6) is 0 Å². The highest BCUT2D eigenvalue weighted by atomic mass is 16.4. The molecular formula is C19H26N2O5. The maximum atomic E-state index is 12.9. The van der Waals surface area contributed by atoms with Crippen LogP contribution in [0.3, 0.4) is 0 Å². The Bertz CT molecular complexity index is 743. The van der Waals surface area contributed by atoms with Gasteiger partial charge < -0.3 is 19.3 Å². The lowest BCUT2D eigenvalue weighted by atomic mass is 9.77. The second kappa shape index (κ2) is 6.45. The maximum absolute atomic E-state index is 12.9. The molecule has 0 aromatic carbocycles. The lowest BCUT2D eigenvalue weighted by Crippen LogP contribution is -2.57. The maximum Gasteiger partial charge on any atom is 0.309 e. The number of piperidine rings is 1. The van der Waals surface area contributed by atoms with Crippen LogP contribution in [0.4, 0.5) is 0 Å². The molecule has 1 atom stereocenters. The van der Waals surface area contributed by atoms with Crippen LogP contribution in [0.2, 0.25) is 0 Å². The average molecular weight is 362 g/mol. The van der Waals surface area contributed by atoms with Crippen molar-refractivity contribution in [3.63, 3.8) is 0 Å². The van der Waals surface area contributed by atoms with Crippen LogP contribution in [0.1, 0.15) is 60.9 Å². The molecule has 3 rings (SSSR count). The van der Waals surface area contributed by atoms with Crippen molar-refractivity contribution in [3.8, 4) is 0 Å². The van der Waals surface area contributed by atoms with E-state index < -0.39 is 17.4 Å². The summed E-state index contributed by atoms with van der Waals surface area (Å²) in [5.74, 6) is -0.275. The second-order valence-corrected chi connectivity index (χ2v) is 7.72. The zero-order valence-electron chi connectivity index (χ0n) is 15.7. The van der Waals surface area contributed by atoms with E-state index in [0.717, 1.165) is 5.76 Å². The Morgan fingerprint density at radius 2 is 1.92 bits per heavy atom. The summed E-state index contributed by atoms with van der Waals surface area (Å²) in [7, 11) is 1.68. The normalized spacial score (nSPS) is 22.5. The summed E-state index contributed by atoms with van der Waals surface area (Å²) in [6.07, 6.45) is 0.996. The van der Waals surface area contributed by atoms with E-state index in [4.69, 9.17) is 4.42 Å². The molecule has 0 bridgehead atoms. The van der Waals surface area contributed by atoms with E-state index in [1.807, 2.05) is 13.8 Å². The highest BCUT2D eigenvalue weighted by Crippen LogP contribution is 2.43. The van der Waals surface area contributed by atoms with Crippen molar-refractivity contribution in [2.75, 3.05) is 20.1 Å². The summed E-state index contributed by atoms with van der Waals surface area (Å²) in [6.45, 7) is 6.67. The predicted octanol–water partition coefficient (Wildman–Crippen LogP) is 2.25. The van der Waals surface area contributed by atoms with Crippen molar-refractivity contribution in [2.24, 2.45) is 5.92 Å². The van der Waals surface area contributed by atoms with E-state index in [0.29, 0.717) is 37.3 Å². The minimum Gasteiger partial charge on any atom is -0.481 e. The molecule has 0 radical (unpaired) electrons. The standard InChI is InChI=1S/C19H26N2O5/c1-11(2)15-9-13(12(3)26-15)17(23)21-7-5-19(6-8-21)14(18(24)25)10-16(22)20(19)4/h9,11,14H,5-8,10H2,1-4H3,(H,24,25)/t14-/m0/s1. The number of hydrogen-bond acceptors (Lipinski definition) is 4. The number of nitrogens with zero attached hydrogens (tertiary/aromatic N) is 2. The number of hydrogen-bond donors (Lipinski definition) is 1. The van der Waals surface area contributed by atoms with Crippen molar-refractivity contribution < 1.29 is 23.9 Å². The summed E-state index contributed by atoms with van der Waals surface area (Å²) in [5.41, 5.74) is -0.121. The number of amides is 2. The number of carboxylic acids is 1. The molecule has 2 saturated heterocycles. The monoisotopic (exact) mass is 362 g/mol. The molecule has 3 heterocycles. The average Bonchev–Trinajstić information content (AvgIpc) is 3.09. The Balaban J connectivity index is 1.77. The first-order valence-corrected chi connectivity index (χ1v) is 9.06. The molecular weight excluding hydrogens is 336 g/mol. The fourth-order valence-corrected chi connectivity index (χ4v) is 4.25. The van der Waals surface area contributed by atoms with Crippen LogP contribution < -0.4 is 0 Å². The fraction of sp³-hybridized carbons (Fsp3) is 0.632. The molecule has 2 aliphatic heterocycles. The molecule has 142 valence electrons. The van der Waals surface area contributed by atoms with Gasteiger partial charge in [-0.05, 0) is 25.8 Å². The van der Waals surface area contributed by atoms with Crippen LogP contribution >= 0.6 is 0 Å². The Morgan fingerprint density at radius 3 is 2.42 bits per heavy atom. The Morgan fingerprint density at radius 1 is 1.31 bits per heavy atom. The van der Waals surface area contributed by atoms with Gasteiger partial charge in [-0.25, -0.2) is 0 Å². The summed E-state index contributed by atoms with van der Waals surface area (Å²) < 4.78 is 5.68. The molecule has 1 spiro atoms.